The first-order chi connectivity index (χ1) is 5.77. The molecule has 59 valence electrons. The number of halogens is 1. The molecule has 0 aliphatic rings. The molecular weight excluding hydrogens is 170 g/mol. The average molecular weight is 177 g/mol. The molecule has 0 bridgehead atoms. The minimum absolute atomic E-state index is 0.428. The Bertz CT molecular complexity index is 423. The summed E-state index contributed by atoms with van der Waals surface area (Å²) in [4.78, 5) is 4.19. The quantitative estimate of drug-likeness (QED) is 0.563. The minimum Gasteiger partial charge on any atom is -0.235 e. The highest BCUT2D eigenvalue weighted by molar-refractivity contribution is 6.29. The van der Waals surface area contributed by atoms with Gasteiger partial charge in [-0.15, -0.1) is 0 Å². The molecule has 0 aliphatic heterocycles. The number of benzene rings is 1. The lowest BCUT2D eigenvalue weighted by Gasteiger charge is -1.99. The van der Waals surface area contributed by atoms with Gasteiger partial charge in [0.25, 0.3) is 0 Å². The molecule has 0 unspecified atom stereocenters. The first-order valence-electron chi connectivity index (χ1n) is 3.71. The number of aryl methyl sites for hydroxylation is 1. The van der Waals surface area contributed by atoms with E-state index >= 15 is 0 Å². The Balaban J connectivity index is 2.88. The van der Waals surface area contributed by atoms with Crippen molar-refractivity contribution in [2.24, 2.45) is 0 Å². The fourth-order valence-corrected chi connectivity index (χ4v) is 1.36. The van der Waals surface area contributed by atoms with Crippen molar-refractivity contribution in [1.82, 2.24) is 4.98 Å². The van der Waals surface area contributed by atoms with Crippen LogP contribution < -0.4 is 0 Å². The lowest BCUT2D eigenvalue weighted by molar-refractivity contribution is 1.36. The number of aromatic nitrogens is 1. The molecule has 12 heavy (non-hydrogen) atoms. The normalized spacial score (nSPS) is 10.5. The van der Waals surface area contributed by atoms with Crippen molar-refractivity contribution in [1.29, 1.82) is 0 Å². The number of para-hydroxylation sites is 1. The molecule has 0 saturated carbocycles. The molecule has 2 rings (SSSR count). The van der Waals surface area contributed by atoms with Gasteiger partial charge >= 0.3 is 0 Å². The van der Waals surface area contributed by atoms with Gasteiger partial charge < -0.3 is 0 Å². The molecule has 1 aromatic heterocycles. The number of hydrogen-bond acceptors (Lipinski definition) is 1. The molecule has 1 radical (unpaired) electrons. The van der Waals surface area contributed by atoms with Gasteiger partial charge in [0.15, 0.2) is 0 Å². The lowest BCUT2D eigenvalue weighted by atomic mass is 10.1. The Morgan fingerprint density at radius 2 is 2.25 bits per heavy atom. The van der Waals surface area contributed by atoms with E-state index in [4.69, 9.17) is 11.6 Å². The maximum absolute atomic E-state index is 5.72. The van der Waals surface area contributed by atoms with Gasteiger partial charge in [0.2, 0.25) is 0 Å². The number of fused-ring (bicyclic) bond motifs is 1. The van der Waals surface area contributed by atoms with Crippen LogP contribution in [-0.4, -0.2) is 4.98 Å². The fraction of sp³-hybridized carbons (Fsp3) is 0.100. The molecule has 0 fully saturated rings. The van der Waals surface area contributed by atoms with Gasteiger partial charge in [-0.1, -0.05) is 29.8 Å². The molecular formula is C10H7ClN. The van der Waals surface area contributed by atoms with E-state index in [0.29, 0.717) is 5.15 Å². The molecule has 2 heteroatoms. The third kappa shape index (κ3) is 1.16. The largest absolute Gasteiger partial charge is 0.235 e. The first kappa shape index (κ1) is 7.56. The van der Waals surface area contributed by atoms with Gasteiger partial charge in [-0.2, -0.15) is 0 Å². The smallest absolute Gasteiger partial charge is 0.137 e. The maximum atomic E-state index is 5.72. The Morgan fingerprint density at radius 3 is 3.08 bits per heavy atom. The zero-order valence-corrected chi connectivity index (χ0v) is 7.39. The van der Waals surface area contributed by atoms with Crippen molar-refractivity contribution in [3.8, 4) is 0 Å². The summed E-state index contributed by atoms with van der Waals surface area (Å²) in [7, 11) is 0. The van der Waals surface area contributed by atoms with E-state index in [-0.39, 0.29) is 0 Å². The molecule has 2 aromatic rings. The van der Waals surface area contributed by atoms with Crippen LogP contribution in [0.2, 0.25) is 5.15 Å². The number of hydrogen-bond donors (Lipinski definition) is 0. The van der Waals surface area contributed by atoms with Crippen LogP contribution >= 0.6 is 11.6 Å². The number of pyridine rings is 1. The van der Waals surface area contributed by atoms with Gasteiger partial charge in [0.1, 0.15) is 5.15 Å². The fourth-order valence-electron chi connectivity index (χ4n) is 1.22. The van der Waals surface area contributed by atoms with E-state index in [1.54, 1.807) is 0 Å². The summed E-state index contributed by atoms with van der Waals surface area (Å²) >= 11 is 5.72. The van der Waals surface area contributed by atoms with Crippen LogP contribution in [0.3, 0.4) is 0 Å². The molecule has 0 amide bonds. The summed E-state index contributed by atoms with van der Waals surface area (Å²) in [6, 6.07) is 10.7. The molecule has 0 N–H and O–H groups in total. The molecule has 0 spiro atoms. The Labute approximate surface area is 76.0 Å². The summed E-state index contributed by atoms with van der Waals surface area (Å²) in [6.45, 7) is 2.02. The zero-order chi connectivity index (χ0) is 8.55. The van der Waals surface area contributed by atoms with Crippen molar-refractivity contribution in [3.63, 3.8) is 0 Å². The standard InChI is InChI=1S/C10H7ClN/c1-7-3-2-4-8-5-6-9(11)12-10(7)8/h2-5H,1H3. The van der Waals surface area contributed by atoms with E-state index in [0.717, 1.165) is 16.5 Å². The molecule has 1 aromatic carbocycles. The van der Waals surface area contributed by atoms with Crippen molar-refractivity contribution < 1.29 is 0 Å². The first-order valence-corrected chi connectivity index (χ1v) is 4.09. The van der Waals surface area contributed by atoms with Crippen molar-refractivity contribution in [2.45, 2.75) is 6.92 Å². The molecule has 0 saturated heterocycles. The highest BCUT2D eigenvalue weighted by atomic mass is 35.5. The van der Waals surface area contributed by atoms with Crippen LogP contribution in [0.5, 0.6) is 0 Å². The molecule has 1 heterocycles. The van der Waals surface area contributed by atoms with Gasteiger partial charge in [-0.3, -0.25) is 0 Å². The Kier molecular flexibility index (Phi) is 1.74. The van der Waals surface area contributed by atoms with E-state index in [1.807, 2.05) is 31.2 Å². The number of nitrogens with zero attached hydrogens (tertiary/aromatic N) is 1. The summed E-state index contributed by atoms with van der Waals surface area (Å²) in [5.74, 6) is 0. The summed E-state index contributed by atoms with van der Waals surface area (Å²) in [5.41, 5.74) is 2.10. The van der Waals surface area contributed by atoms with Crippen LogP contribution in [0.1, 0.15) is 5.56 Å². The third-order valence-corrected chi connectivity index (χ3v) is 2.02. The van der Waals surface area contributed by atoms with Crippen LogP contribution in [0.4, 0.5) is 0 Å². The summed E-state index contributed by atoms with van der Waals surface area (Å²) in [6.07, 6.45) is 0. The van der Waals surface area contributed by atoms with Crippen LogP contribution in [-0.2, 0) is 0 Å². The predicted octanol–water partition coefficient (Wildman–Crippen LogP) is 3.00. The second kappa shape index (κ2) is 2.76. The van der Waals surface area contributed by atoms with Crippen molar-refractivity contribution >= 4 is 22.5 Å². The van der Waals surface area contributed by atoms with Crippen LogP contribution in [0.15, 0.2) is 24.3 Å². The zero-order valence-electron chi connectivity index (χ0n) is 6.63. The van der Waals surface area contributed by atoms with Gasteiger partial charge in [0, 0.05) is 11.5 Å². The second-order valence-electron chi connectivity index (χ2n) is 2.70. The van der Waals surface area contributed by atoms with Gasteiger partial charge in [-0.05, 0) is 18.6 Å². The SMILES string of the molecule is Cc1cccc2c[c]c(Cl)nc12. The molecule has 0 atom stereocenters. The minimum atomic E-state index is 0.428. The maximum Gasteiger partial charge on any atom is 0.137 e. The van der Waals surface area contributed by atoms with E-state index in [1.165, 1.54) is 0 Å². The Morgan fingerprint density at radius 1 is 1.42 bits per heavy atom. The monoisotopic (exact) mass is 176 g/mol. The Hall–Kier alpha value is -1.08. The highest BCUT2D eigenvalue weighted by Crippen LogP contribution is 2.17. The second-order valence-corrected chi connectivity index (χ2v) is 3.06. The van der Waals surface area contributed by atoms with E-state index in [2.05, 4.69) is 11.1 Å². The summed E-state index contributed by atoms with van der Waals surface area (Å²) in [5, 5.41) is 1.51. The van der Waals surface area contributed by atoms with Crippen molar-refractivity contribution in [3.05, 3.63) is 41.0 Å². The molecule has 1 nitrogen and oxygen atoms in total. The highest BCUT2D eigenvalue weighted by Gasteiger charge is 1.98. The lowest BCUT2D eigenvalue weighted by Crippen LogP contribution is -1.82. The topological polar surface area (TPSA) is 12.9 Å². The van der Waals surface area contributed by atoms with Crippen LogP contribution in [0.25, 0.3) is 10.9 Å². The average Bonchev–Trinajstić information content (AvgIpc) is 2.07. The van der Waals surface area contributed by atoms with E-state index in [9.17, 15) is 0 Å². The predicted molar refractivity (Wildman–Crippen MR) is 50.3 cm³/mol. The van der Waals surface area contributed by atoms with Crippen molar-refractivity contribution in [2.75, 3.05) is 0 Å². The van der Waals surface area contributed by atoms with E-state index < -0.39 is 0 Å². The third-order valence-electron chi connectivity index (χ3n) is 1.83. The van der Waals surface area contributed by atoms with Gasteiger partial charge in [0.05, 0.1) is 5.52 Å². The molecule has 0 aliphatic carbocycles. The number of rotatable bonds is 0. The van der Waals surface area contributed by atoms with Gasteiger partial charge in [-0.25, -0.2) is 4.98 Å². The summed E-state index contributed by atoms with van der Waals surface area (Å²) < 4.78 is 0. The van der Waals surface area contributed by atoms with Crippen LogP contribution in [0, 0.1) is 13.0 Å².